The minimum absolute atomic E-state index is 0.153. The fraction of sp³-hybridized carbons (Fsp3) is 0.400. The molecule has 44 heavy (non-hydrogen) atoms. The number of hydrogen-bond acceptors (Lipinski definition) is 9. The fourth-order valence-corrected chi connectivity index (χ4v) is 5.94. The molecule has 4 aromatic rings. The first-order valence-electron chi connectivity index (χ1n) is 13.9. The summed E-state index contributed by atoms with van der Waals surface area (Å²) in [6.07, 6.45) is 0.789. The molecule has 1 aliphatic carbocycles. The van der Waals surface area contributed by atoms with Crippen LogP contribution < -0.4 is 4.74 Å². The predicted octanol–water partition coefficient (Wildman–Crippen LogP) is 4.19. The normalized spacial score (nSPS) is 20.9. The summed E-state index contributed by atoms with van der Waals surface area (Å²) in [5.74, 6) is -1.02. The number of fused-ring (bicyclic) bond motifs is 2. The monoisotopic (exact) mass is 607 g/mol. The van der Waals surface area contributed by atoms with E-state index in [4.69, 9.17) is 0 Å². The molecule has 5 heterocycles. The largest absolute Gasteiger partial charge is 0.574 e. The number of piperidine rings is 1. The number of alkyl halides is 3. The van der Waals surface area contributed by atoms with Crippen molar-refractivity contribution in [3.8, 4) is 17.1 Å². The van der Waals surface area contributed by atoms with Gasteiger partial charge in [0.25, 0.3) is 0 Å². The van der Waals surface area contributed by atoms with Crippen LogP contribution in [0.4, 0.5) is 13.2 Å². The molecule has 11 nitrogen and oxygen atoms in total. The van der Waals surface area contributed by atoms with Crippen molar-refractivity contribution in [1.82, 2.24) is 34.6 Å². The molecular formula is C30H28F3N7O4. The second kappa shape index (κ2) is 10.5. The molecular weight excluding hydrogens is 579 g/mol. The van der Waals surface area contributed by atoms with Gasteiger partial charge in [-0.1, -0.05) is 13.0 Å². The van der Waals surface area contributed by atoms with Crippen molar-refractivity contribution in [2.24, 2.45) is 5.41 Å². The third kappa shape index (κ3) is 5.51. The summed E-state index contributed by atoms with van der Waals surface area (Å²) in [7, 11) is 0. The summed E-state index contributed by atoms with van der Waals surface area (Å²) in [5.41, 5.74) is 2.30. The number of aromatic nitrogens is 6. The van der Waals surface area contributed by atoms with Gasteiger partial charge >= 0.3 is 6.36 Å². The molecule has 4 aromatic heterocycles. The fourth-order valence-electron chi connectivity index (χ4n) is 5.94. The van der Waals surface area contributed by atoms with Crippen LogP contribution in [0.25, 0.3) is 22.2 Å². The molecule has 6 rings (SSSR count). The Kier molecular flexibility index (Phi) is 6.97. The van der Waals surface area contributed by atoms with Gasteiger partial charge in [0.2, 0.25) is 11.8 Å². The Morgan fingerprint density at radius 3 is 2.48 bits per heavy atom. The summed E-state index contributed by atoms with van der Waals surface area (Å²) in [5, 5.41) is 4.96. The number of ether oxygens (including phenoxy) is 1. The number of carbonyl (C=O) groups excluding carboxylic acids is 3. The van der Waals surface area contributed by atoms with Crippen molar-refractivity contribution in [2.45, 2.75) is 71.9 Å². The molecule has 0 radical (unpaired) electrons. The van der Waals surface area contributed by atoms with Gasteiger partial charge in [0.1, 0.15) is 18.1 Å². The Hall–Kier alpha value is -4.75. The number of carbonyl (C=O) groups is 3. The Morgan fingerprint density at radius 1 is 1.07 bits per heavy atom. The molecule has 0 aromatic carbocycles. The summed E-state index contributed by atoms with van der Waals surface area (Å²) in [6.45, 7) is 6.56. The van der Waals surface area contributed by atoms with E-state index in [9.17, 15) is 27.6 Å². The number of pyridine rings is 2. The topological polar surface area (TPSA) is 133 Å². The lowest BCUT2D eigenvalue weighted by Crippen LogP contribution is -2.45. The van der Waals surface area contributed by atoms with Gasteiger partial charge in [-0.15, -0.1) is 13.2 Å². The van der Waals surface area contributed by atoms with E-state index in [-0.39, 0.29) is 53.3 Å². The highest BCUT2D eigenvalue weighted by molar-refractivity contribution is 6.05. The molecule has 0 N–H and O–H groups in total. The Balaban J connectivity index is 1.26. The molecule has 3 atom stereocenters. The lowest BCUT2D eigenvalue weighted by atomic mass is 9.96. The quantitative estimate of drug-likeness (QED) is 0.270. The summed E-state index contributed by atoms with van der Waals surface area (Å²) >= 11 is 0. The van der Waals surface area contributed by atoms with Crippen molar-refractivity contribution in [3.05, 3.63) is 59.6 Å². The first-order chi connectivity index (χ1) is 20.7. The van der Waals surface area contributed by atoms with Crippen LogP contribution in [0.5, 0.6) is 5.88 Å². The highest BCUT2D eigenvalue weighted by atomic mass is 19.4. The van der Waals surface area contributed by atoms with Crippen LogP contribution in [-0.2, 0) is 22.6 Å². The van der Waals surface area contributed by atoms with Crippen LogP contribution in [0, 0.1) is 19.3 Å². The highest BCUT2D eigenvalue weighted by Gasteiger charge is 2.64. The molecule has 228 valence electrons. The average Bonchev–Trinajstić information content (AvgIpc) is 3.31. The van der Waals surface area contributed by atoms with Gasteiger partial charge in [-0.25, -0.2) is 15.0 Å². The maximum Gasteiger partial charge on any atom is 0.574 e. The first kappa shape index (κ1) is 29.3. The molecule has 1 amide bonds. The summed E-state index contributed by atoms with van der Waals surface area (Å²) in [4.78, 5) is 58.2. The number of rotatable bonds is 8. The van der Waals surface area contributed by atoms with Crippen molar-refractivity contribution in [1.29, 1.82) is 0 Å². The van der Waals surface area contributed by atoms with Gasteiger partial charge in [0.05, 0.1) is 35.6 Å². The van der Waals surface area contributed by atoms with Gasteiger partial charge in [0.15, 0.2) is 11.6 Å². The molecule has 1 saturated heterocycles. The van der Waals surface area contributed by atoms with Crippen LogP contribution in [-0.4, -0.2) is 70.5 Å². The number of aryl methyl sites for hydroxylation is 2. The molecule has 0 bridgehead atoms. The second-order valence-corrected chi connectivity index (χ2v) is 11.7. The summed E-state index contributed by atoms with van der Waals surface area (Å²) in [6, 6.07) is 3.28. The van der Waals surface area contributed by atoms with E-state index in [2.05, 4.69) is 29.8 Å². The zero-order chi connectivity index (χ0) is 31.6. The van der Waals surface area contributed by atoms with Crippen LogP contribution in [0.2, 0.25) is 0 Å². The van der Waals surface area contributed by atoms with Crippen LogP contribution in [0.3, 0.4) is 0 Å². The van der Waals surface area contributed by atoms with Gasteiger partial charge in [-0.2, -0.15) is 5.10 Å². The lowest BCUT2D eigenvalue weighted by molar-refractivity contribution is -0.276. The molecule has 1 saturated carbocycles. The van der Waals surface area contributed by atoms with Gasteiger partial charge < -0.3 is 9.64 Å². The average molecular weight is 608 g/mol. The zero-order valence-electron chi connectivity index (χ0n) is 24.3. The van der Waals surface area contributed by atoms with E-state index < -0.39 is 18.3 Å². The highest BCUT2D eigenvalue weighted by Crippen LogP contribution is 2.59. The van der Waals surface area contributed by atoms with E-state index in [1.165, 1.54) is 23.9 Å². The number of hydrogen-bond donors (Lipinski definition) is 0. The maximum atomic E-state index is 13.8. The Bertz CT molecular complexity index is 1820. The Labute approximate surface area is 249 Å². The molecule has 2 fully saturated rings. The number of likely N-dealkylation sites (tertiary alicyclic amines) is 1. The van der Waals surface area contributed by atoms with E-state index in [1.54, 1.807) is 37.2 Å². The van der Waals surface area contributed by atoms with Gasteiger partial charge in [-0.3, -0.25) is 24.0 Å². The number of amides is 1. The van der Waals surface area contributed by atoms with E-state index in [1.807, 2.05) is 6.92 Å². The third-order valence-corrected chi connectivity index (χ3v) is 8.37. The number of ketones is 2. The number of Topliss-reactive ketones (excluding diaryl/α,β-unsaturated/α-hetero) is 2. The minimum atomic E-state index is -4.92. The van der Waals surface area contributed by atoms with E-state index in [0.717, 1.165) is 12.5 Å². The Morgan fingerprint density at radius 2 is 1.80 bits per heavy atom. The SMILES string of the molecule is CC(=O)c1nn(CC(=O)N2[C@H](C(=O)Cc3nc(OC(F)(F)F)ccc3C)C[C@@]3(C)C[C@@H]23)c2cnc(-c3cnc(C)nc3)cc12. The predicted molar refractivity (Wildman–Crippen MR) is 149 cm³/mol. The third-order valence-electron chi connectivity index (χ3n) is 8.37. The van der Waals surface area contributed by atoms with E-state index >= 15 is 0 Å². The van der Waals surface area contributed by atoms with Crippen molar-refractivity contribution < 1.29 is 32.3 Å². The van der Waals surface area contributed by atoms with Crippen molar-refractivity contribution >= 4 is 28.4 Å². The molecule has 2 aliphatic rings. The molecule has 0 spiro atoms. The smallest absolute Gasteiger partial charge is 0.388 e. The minimum Gasteiger partial charge on any atom is -0.388 e. The standard InChI is InChI=1S/C30H28F3N7O4/c1-15-5-6-26(44-30(31,32)33)37-20(15)8-24(42)22-9-29(4)10-25(29)40(22)27(43)14-39-23-13-36-21(18-11-34-17(3)35-12-18)7-19(23)28(38-39)16(2)41/h5-7,11-13,22,25H,8-10,14H2,1-4H3/t22-,25+,29-/m0/s1. The molecule has 1 aliphatic heterocycles. The maximum absolute atomic E-state index is 13.8. The van der Waals surface area contributed by atoms with E-state index in [0.29, 0.717) is 40.0 Å². The number of halogens is 3. The zero-order valence-corrected chi connectivity index (χ0v) is 24.3. The van der Waals surface area contributed by atoms with Crippen LogP contribution in [0.1, 0.15) is 54.3 Å². The van der Waals surface area contributed by atoms with Crippen LogP contribution >= 0.6 is 0 Å². The lowest BCUT2D eigenvalue weighted by Gasteiger charge is -2.27. The second-order valence-electron chi connectivity index (χ2n) is 11.7. The first-order valence-corrected chi connectivity index (χ1v) is 13.9. The van der Waals surface area contributed by atoms with Gasteiger partial charge in [-0.05, 0) is 43.7 Å². The summed E-state index contributed by atoms with van der Waals surface area (Å²) < 4.78 is 43.6. The van der Waals surface area contributed by atoms with Crippen LogP contribution in [0.15, 0.2) is 36.8 Å². The molecule has 0 unspecified atom stereocenters. The molecule has 14 heteroatoms. The van der Waals surface area contributed by atoms with Crippen molar-refractivity contribution in [2.75, 3.05) is 0 Å². The van der Waals surface area contributed by atoms with Gasteiger partial charge in [0, 0.05) is 42.4 Å². The number of nitrogens with zero attached hydrogens (tertiary/aromatic N) is 7. The van der Waals surface area contributed by atoms with Crippen molar-refractivity contribution in [3.63, 3.8) is 0 Å².